The molecule has 3 heteroatoms. The Hall–Kier alpha value is -0.795. The normalized spacial score (nSPS) is 35.8. The van der Waals surface area contributed by atoms with Crippen LogP contribution in [0.1, 0.15) is 51.7 Å². The molecule has 2 bridgehead atoms. The first kappa shape index (κ1) is 16.1. The maximum absolute atomic E-state index is 10.5. The topological polar surface area (TPSA) is 29.5 Å². The minimum atomic E-state index is -0.430. The van der Waals surface area contributed by atoms with Gasteiger partial charge in [-0.25, -0.2) is 0 Å². The summed E-state index contributed by atoms with van der Waals surface area (Å²) in [6.07, 6.45) is 3.58. The highest BCUT2D eigenvalue weighted by Gasteiger charge is 2.63. The van der Waals surface area contributed by atoms with E-state index in [4.69, 9.17) is 4.65 Å². The van der Waals surface area contributed by atoms with Gasteiger partial charge in [-0.1, -0.05) is 50.6 Å². The molecule has 1 aromatic rings. The number of aliphatic hydroxyl groups is 1. The number of aliphatic hydroxyl groups excluding tert-OH is 1. The molecule has 22 heavy (non-hydrogen) atoms. The molecule has 119 valence electrons. The molecule has 0 spiro atoms. The molecule has 4 atom stereocenters. The van der Waals surface area contributed by atoms with Crippen molar-refractivity contribution in [3.63, 3.8) is 0 Å². The maximum Gasteiger partial charge on any atom is 0.297 e. The summed E-state index contributed by atoms with van der Waals surface area (Å²) in [4.78, 5) is 0. The van der Waals surface area contributed by atoms with Gasteiger partial charge >= 0.3 is 0 Å². The molecule has 3 saturated carbocycles. The smallest absolute Gasteiger partial charge is 0.297 e. The van der Waals surface area contributed by atoms with E-state index < -0.39 is 5.60 Å². The predicted octanol–water partition coefficient (Wildman–Crippen LogP) is 3.57. The van der Waals surface area contributed by atoms with Crippen LogP contribution in [0.3, 0.4) is 0 Å². The van der Waals surface area contributed by atoms with Crippen LogP contribution in [0.15, 0.2) is 24.3 Å². The first-order chi connectivity index (χ1) is 10.4. The van der Waals surface area contributed by atoms with Crippen LogP contribution >= 0.6 is 0 Å². The molecule has 0 heterocycles. The van der Waals surface area contributed by atoms with Crippen LogP contribution in [0.25, 0.3) is 0 Å². The Morgan fingerprint density at radius 2 is 1.95 bits per heavy atom. The Balaban J connectivity index is 1.62. The van der Waals surface area contributed by atoms with Crippen LogP contribution in [0.2, 0.25) is 0 Å². The van der Waals surface area contributed by atoms with E-state index in [0.29, 0.717) is 17.3 Å². The first-order valence-electron chi connectivity index (χ1n) is 8.63. The van der Waals surface area contributed by atoms with E-state index in [1.807, 2.05) is 7.48 Å². The zero-order valence-corrected chi connectivity index (χ0v) is 14.3. The van der Waals surface area contributed by atoms with Crippen molar-refractivity contribution in [1.29, 1.82) is 0 Å². The SMILES string of the molecule is CCc1cccc(C[B]O[C@]2(C)C(O)CC3C[C@H]2C3(C)C)c1. The molecule has 1 aromatic carbocycles. The van der Waals surface area contributed by atoms with Gasteiger partial charge in [0, 0.05) is 0 Å². The highest BCUT2D eigenvalue weighted by Crippen LogP contribution is 2.63. The van der Waals surface area contributed by atoms with Crippen molar-refractivity contribution < 1.29 is 9.76 Å². The largest absolute Gasteiger partial charge is 0.432 e. The van der Waals surface area contributed by atoms with Gasteiger partial charge in [-0.15, -0.1) is 0 Å². The summed E-state index contributed by atoms with van der Waals surface area (Å²) in [6, 6.07) is 8.65. The molecule has 1 N–H and O–H groups in total. The lowest BCUT2D eigenvalue weighted by Gasteiger charge is -2.65. The summed E-state index contributed by atoms with van der Waals surface area (Å²) >= 11 is 0. The number of aryl methyl sites for hydroxylation is 1. The zero-order valence-electron chi connectivity index (χ0n) is 14.3. The van der Waals surface area contributed by atoms with E-state index in [-0.39, 0.29) is 6.10 Å². The first-order valence-corrected chi connectivity index (χ1v) is 8.63. The highest BCUT2D eigenvalue weighted by molar-refractivity contribution is 6.26. The Kier molecular flexibility index (Phi) is 4.15. The van der Waals surface area contributed by atoms with Gasteiger partial charge in [0.2, 0.25) is 0 Å². The van der Waals surface area contributed by atoms with Gasteiger partial charge in [0.15, 0.2) is 0 Å². The van der Waals surface area contributed by atoms with E-state index in [2.05, 4.69) is 52.0 Å². The van der Waals surface area contributed by atoms with E-state index in [0.717, 1.165) is 19.2 Å². The van der Waals surface area contributed by atoms with Gasteiger partial charge in [0.05, 0.1) is 11.7 Å². The van der Waals surface area contributed by atoms with Crippen LogP contribution in [0.4, 0.5) is 0 Å². The van der Waals surface area contributed by atoms with E-state index in [9.17, 15) is 5.11 Å². The molecule has 3 aliphatic rings. The Labute approximate surface area is 135 Å². The second-order valence-electron chi connectivity index (χ2n) is 7.90. The van der Waals surface area contributed by atoms with Gasteiger partial charge < -0.3 is 9.76 Å². The van der Waals surface area contributed by atoms with Gasteiger partial charge in [-0.3, -0.25) is 0 Å². The van der Waals surface area contributed by atoms with Gasteiger partial charge in [-0.05, 0) is 55.3 Å². The third-order valence-electron chi connectivity index (χ3n) is 6.39. The summed E-state index contributed by atoms with van der Waals surface area (Å²) in [5.41, 5.74) is 2.50. The van der Waals surface area contributed by atoms with Crippen molar-refractivity contribution in [2.75, 3.05) is 0 Å². The predicted molar refractivity (Wildman–Crippen MR) is 90.8 cm³/mol. The number of hydrogen-bond donors (Lipinski definition) is 1. The van der Waals surface area contributed by atoms with Gasteiger partial charge in [0.25, 0.3) is 7.48 Å². The lowest BCUT2D eigenvalue weighted by molar-refractivity contribution is -0.234. The summed E-state index contributed by atoms with van der Waals surface area (Å²) in [6.45, 7) is 8.92. The second-order valence-corrected chi connectivity index (χ2v) is 7.90. The summed E-state index contributed by atoms with van der Waals surface area (Å²) in [5.74, 6) is 1.11. The standard InChI is InChI=1S/C19H28BO2/c1-5-13-7-6-8-14(9-13)12-20-22-19(4)16-10-15(11-17(19)21)18(16,2)3/h6-9,15-17,21H,5,10-12H2,1-4H3/t15?,16-,17?,19-/m0/s1. The Morgan fingerprint density at radius 3 is 2.64 bits per heavy atom. The average molecular weight is 299 g/mol. The number of rotatable bonds is 5. The fourth-order valence-corrected chi connectivity index (χ4v) is 4.58. The lowest BCUT2D eigenvalue weighted by Crippen LogP contribution is -2.67. The van der Waals surface area contributed by atoms with E-state index in [1.165, 1.54) is 17.5 Å². The second kappa shape index (κ2) is 5.69. The molecule has 4 rings (SSSR count). The van der Waals surface area contributed by atoms with Crippen molar-refractivity contribution in [2.24, 2.45) is 17.3 Å². The lowest BCUT2D eigenvalue weighted by atomic mass is 9.43. The Morgan fingerprint density at radius 1 is 1.23 bits per heavy atom. The molecule has 0 amide bonds. The molecule has 3 fully saturated rings. The summed E-state index contributed by atoms with van der Waals surface area (Å²) < 4.78 is 6.17. The van der Waals surface area contributed by atoms with Crippen LogP contribution < -0.4 is 0 Å². The van der Waals surface area contributed by atoms with Crippen LogP contribution in [0, 0.1) is 17.3 Å². The van der Waals surface area contributed by atoms with Crippen molar-refractivity contribution >= 4 is 7.48 Å². The molecule has 0 saturated heterocycles. The molecule has 0 aromatic heterocycles. The third-order valence-corrected chi connectivity index (χ3v) is 6.39. The van der Waals surface area contributed by atoms with Crippen molar-refractivity contribution in [3.05, 3.63) is 35.4 Å². The zero-order chi connectivity index (χ0) is 16.0. The monoisotopic (exact) mass is 299 g/mol. The van der Waals surface area contributed by atoms with Crippen LogP contribution in [-0.4, -0.2) is 24.3 Å². The molecular formula is C19H28BO2. The molecule has 1 radical (unpaired) electrons. The van der Waals surface area contributed by atoms with Gasteiger partial charge in [-0.2, -0.15) is 0 Å². The minimum absolute atomic E-state index is 0.296. The fraction of sp³-hybridized carbons (Fsp3) is 0.684. The highest BCUT2D eigenvalue weighted by atomic mass is 16.5. The molecule has 2 unspecified atom stereocenters. The number of hydrogen-bond acceptors (Lipinski definition) is 2. The number of benzene rings is 1. The van der Waals surface area contributed by atoms with Crippen molar-refractivity contribution in [1.82, 2.24) is 0 Å². The summed E-state index contributed by atoms with van der Waals surface area (Å²) in [5, 5.41) is 10.5. The molecular weight excluding hydrogens is 271 g/mol. The molecule has 0 aliphatic heterocycles. The van der Waals surface area contributed by atoms with Crippen molar-refractivity contribution in [3.8, 4) is 0 Å². The van der Waals surface area contributed by atoms with E-state index >= 15 is 0 Å². The third kappa shape index (κ3) is 2.53. The molecule has 3 aliphatic carbocycles. The van der Waals surface area contributed by atoms with Crippen LogP contribution in [-0.2, 0) is 17.4 Å². The maximum atomic E-state index is 10.5. The van der Waals surface area contributed by atoms with Crippen LogP contribution in [0.5, 0.6) is 0 Å². The molecule has 2 nitrogen and oxygen atoms in total. The Bertz CT molecular complexity index is 542. The quantitative estimate of drug-likeness (QED) is 0.842. The minimum Gasteiger partial charge on any atom is -0.432 e. The average Bonchev–Trinajstić information content (AvgIpc) is 2.49. The van der Waals surface area contributed by atoms with E-state index in [1.54, 1.807) is 0 Å². The summed E-state index contributed by atoms with van der Waals surface area (Å²) in [7, 11) is 1.91. The van der Waals surface area contributed by atoms with Gasteiger partial charge in [0.1, 0.15) is 0 Å². The number of fused-ring (bicyclic) bond motifs is 2. The fourth-order valence-electron chi connectivity index (χ4n) is 4.58. The van der Waals surface area contributed by atoms with Crippen molar-refractivity contribution in [2.45, 2.75) is 65.0 Å².